The summed E-state index contributed by atoms with van der Waals surface area (Å²) in [4.78, 5) is 39.2. The highest BCUT2D eigenvalue weighted by molar-refractivity contribution is 6.03. The van der Waals surface area contributed by atoms with Crippen LogP contribution < -0.4 is 0 Å². The van der Waals surface area contributed by atoms with Gasteiger partial charge in [-0.3, -0.25) is 14.4 Å². The molecule has 0 aromatic heterocycles. The van der Waals surface area contributed by atoms with Gasteiger partial charge in [-0.1, -0.05) is 47.6 Å². The summed E-state index contributed by atoms with van der Waals surface area (Å²) in [5.74, 6) is -1.33. The van der Waals surface area contributed by atoms with Crippen LogP contribution in [0.4, 0.5) is 0 Å². The molecule has 0 saturated heterocycles. The highest BCUT2D eigenvalue weighted by Crippen LogP contribution is 2.74. The predicted molar refractivity (Wildman–Crippen MR) is 142 cm³/mol. The van der Waals surface area contributed by atoms with Gasteiger partial charge in [0.15, 0.2) is 11.6 Å². The first kappa shape index (κ1) is 27.3. The van der Waals surface area contributed by atoms with Crippen molar-refractivity contribution < 1.29 is 24.2 Å². The van der Waals surface area contributed by atoms with Gasteiger partial charge in [0.25, 0.3) is 0 Å². The zero-order valence-electron chi connectivity index (χ0n) is 24.1. The zero-order chi connectivity index (χ0) is 28.1. The van der Waals surface area contributed by atoms with Crippen LogP contribution in [0.25, 0.3) is 0 Å². The number of nitrogens with zero attached hydrogens (tertiary/aromatic N) is 1. The first-order valence-corrected chi connectivity index (χ1v) is 14.3. The number of nitriles is 1. The first-order valence-electron chi connectivity index (χ1n) is 14.3. The third-order valence-electron chi connectivity index (χ3n) is 12.4. The van der Waals surface area contributed by atoms with E-state index in [1.807, 2.05) is 13.0 Å². The van der Waals surface area contributed by atoms with Gasteiger partial charge in [0, 0.05) is 35.0 Å². The maximum Gasteiger partial charge on any atom is 0.302 e. The summed E-state index contributed by atoms with van der Waals surface area (Å²) in [5.41, 5.74) is -2.77. The van der Waals surface area contributed by atoms with Crippen molar-refractivity contribution in [1.82, 2.24) is 0 Å². The standard InChI is InChI=1S/C32H43NO5/c1-19-22-8-9-29(6)23(28(22,5)15-21(17-33)26(19)36)14-25(35)32(37)24-16-27(3,4)10-12-31(24,18-38-20(2)34)13-11-30(29,32)7/h14-15,19,22,24,37H,8-13,16,18H2,1-7H3/t19-,22-,24?,28-,29+,30-,31+,32+/m0/s1. The predicted octanol–water partition coefficient (Wildman–Crippen LogP) is 5.49. The second-order valence-electron chi connectivity index (χ2n) is 14.7. The minimum Gasteiger partial charge on any atom is -0.465 e. The molecule has 0 aromatic carbocycles. The number of allylic oxidation sites excluding steroid dienone is 3. The molecule has 6 heteroatoms. The van der Waals surface area contributed by atoms with E-state index < -0.39 is 27.3 Å². The van der Waals surface area contributed by atoms with Gasteiger partial charge >= 0.3 is 5.97 Å². The second kappa shape index (κ2) is 8.13. The maximum absolute atomic E-state index is 14.4. The van der Waals surface area contributed by atoms with Crippen LogP contribution in [-0.4, -0.2) is 34.9 Å². The lowest BCUT2D eigenvalue weighted by atomic mass is 9.33. The summed E-state index contributed by atoms with van der Waals surface area (Å²) in [5, 5.41) is 22.7. The largest absolute Gasteiger partial charge is 0.465 e. The van der Waals surface area contributed by atoms with Crippen molar-refractivity contribution in [2.75, 3.05) is 6.61 Å². The molecule has 0 aromatic rings. The molecule has 5 aliphatic rings. The molecule has 206 valence electrons. The van der Waals surface area contributed by atoms with Crippen molar-refractivity contribution in [2.24, 2.45) is 44.8 Å². The molecule has 3 saturated carbocycles. The maximum atomic E-state index is 14.4. The minimum atomic E-state index is -1.59. The number of ketones is 2. The fourth-order valence-corrected chi connectivity index (χ4v) is 9.87. The van der Waals surface area contributed by atoms with E-state index in [1.165, 1.54) is 6.92 Å². The monoisotopic (exact) mass is 521 g/mol. The Labute approximate surface area is 226 Å². The Morgan fingerprint density at radius 2 is 1.76 bits per heavy atom. The van der Waals surface area contributed by atoms with E-state index in [-0.39, 0.29) is 52.9 Å². The number of fused-ring (bicyclic) bond motifs is 7. The van der Waals surface area contributed by atoms with Crippen LogP contribution in [0.3, 0.4) is 0 Å². The molecular formula is C32H43NO5. The van der Waals surface area contributed by atoms with E-state index in [4.69, 9.17) is 4.74 Å². The summed E-state index contributed by atoms with van der Waals surface area (Å²) in [6.07, 6.45) is 8.97. The topological polar surface area (TPSA) is 104 Å². The van der Waals surface area contributed by atoms with E-state index in [2.05, 4.69) is 40.7 Å². The third kappa shape index (κ3) is 3.23. The summed E-state index contributed by atoms with van der Waals surface area (Å²) in [6, 6.07) is 2.12. The molecule has 0 aliphatic heterocycles. The molecule has 38 heavy (non-hydrogen) atoms. The van der Waals surface area contributed by atoms with Gasteiger partial charge in [0.2, 0.25) is 0 Å². The van der Waals surface area contributed by atoms with E-state index in [0.29, 0.717) is 12.8 Å². The Morgan fingerprint density at radius 1 is 1.11 bits per heavy atom. The van der Waals surface area contributed by atoms with Gasteiger partial charge in [-0.15, -0.1) is 0 Å². The van der Waals surface area contributed by atoms with E-state index in [9.17, 15) is 24.8 Å². The average molecular weight is 522 g/mol. The Kier molecular flexibility index (Phi) is 5.84. The fourth-order valence-electron chi connectivity index (χ4n) is 9.87. The number of hydrogen-bond acceptors (Lipinski definition) is 6. The summed E-state index contributed by atoms with van der Waals surface area (Å²) in [6.45, 7) is 14.4. The number of rotatable bonds is 2. The molecule has 0 heterocycles. The molecule has 5 aliphatic carbocycles. The highest BCUT2D eigenvalue weighted by atomic mass is 16.5. The van der Waals surface area contributed by atoms with Gasteiger partial charge in [0.05, 0.1) is 12.2 Å². The number of carbonyl (C=O) groups excluding carboxylic acids is 3. The van der Waals surface area contributed by atoms with Crippen LogP contribution in [0.1, 0.15) is 93.4 Å². The van der Waals surface area contributed by atoms with Crippen LogP contribution >= 0.6 is 0 Å². The average Bonchev–Trinajstić information content (AvgIpc) is 2.84. The van der Waals surface area contributed by atoms with Crippen molar-refractivity contribution in [3.8, 4) is 6.07 Å². The number of aliphatic hydroxyl groups is 1. The van der Waals surface area contributed by atoms with E-state index in [0.717, 1.165) is 37.7 Å². The SMILES string of the molecule is CC(=O)OC[C@]12CCC(C)(C)CC1[C@@]1(O)C(=O)C=C3[C@@]4(C)C=C(C#N)C(=O)[C@@H](C)[C@@H]4CC[C@@]3(C)[C@]1(C)CC2. The first-order chi connectivity index (χ1) is 17.5. The van der Waals surface area contributed by atoms with Gasteiger partial charge in [-0.2, -0.15) is 5.26 Å². The van der Waals surface area contributed by atoms with Crippen LogP contribution in [0.15, 0.2) is 23.3 Å². The Hall–Kier alpha value is -2.26. The van der Waals surface area contributed by atoms with Crippen molar-refractivity contribution in [3.63, 3.8) is 0 Å². The molecule has 6 nitrogen and oxygen atoms in total. The van der Waals surface area contributed by atoms with Crippen LogP contribution in [0.5, 0.6) is 0 Å². The Bertz CT molecular complexity index is 1220. The lowest BCUT2D eigenvalue weighted by molar-refractivity contribution is -0.251. The van der Waals surface area contributed by atoms with Crippen molar-refractivity contribution in [3.05, 3.63) is 23.3 Å². The summed E-state index contributed by atoms with van der Waals surface area (Å²) < 4.78 is 5.62. The molecule has 0 amide bonds. The number of carbonyl (C=O) groups is 3. The minimum absolute atomic E-state index is 0.00859. The molecule has 8 atom stereocenters. The van der Waals surface area contributed by atoms with Crippen LogP contribution in [-0.2, 0) is 19.1 Å². The number of hydrogen-bond donors (Lipinski definition) is 1. The van der Waals surface area contributed by atoms with Crippen molar-refractivity contribution >= 4 is 17.5 Å². The van der Waals surface area contributed by atoms with Crippen molar-refractivity contribution in [1.29, 1.82) is 5.26 Å². The molecular weight excluding hydrogens is 478 g/mol. The third-order valence-corrected chi connectivity index (χ3v) is 12.4. The van der Waals surface area contributed by atoms with Gasteiger partial charge < -0.3 is 9.84 Å². The van der Waals surface area contributed by atoms with Crippen LogP contribution in [0.2, 0.25) is 0 Å². The second-order valence-corrected chi connectivity index (χ2v) is 14.7. The number of ether oxygens (including phenoxy) is 1. The zero-order valence-corrected chi connectivity index (χ0v) is 24.1. The lowest BCUT2D eigenvalue weighted by Gasteiger charge is -2.71. The summed E-state index contributed by atoms with van der Waals surface area (Å²) in [7, 11) is 0. The molecule has 5 rings (SSSR count). The Morgan fingerprint density at radius 3 is 2.39 bits per heavy atom. The molecule has 0 bridgehead atoms. The van der Waals surface area contributed by atoms with Gasteiger partial charge in [-0.25, -0.2) is 0 Å². The van der Waals surface area contributed by atoms with E-state index in [1.54, 1.807) is 6.08 Å². The molecule has 1 unspecified atom stereocenters. The number of esters is 1. The quantitative estimate of drug-likeness (QED) is 0.482. The normalized spacial score (nSPS) is 47.3. The Balaban J connectivity index is 1.70. The lowest BCUT2D eigenvalue weighted by Crippen LogP contribution is -2.74. The summed E-state index contributed by atoms with van der Waals surface area (Å²) >= 11 is 0. The van der Waals surface area contributed by atoms with E-state index >= 15 is 0 Å². The van der Waals surface area contributed by atoms with Crippen LogP contribution in [0, 0.1) is 56.2 Å². The smallest absolute Gasteiger partial charge is 0.302 e. The van der Waals surface area contributed by atoms with Gasteiger partial charge in [0.1, 0.15) is 11.7 Å². The fraction of sp³-hybridized carbons (Fsp3) is 0.750. The number of Topliss-reactive ketones (excluding diaryl/α,β-unsaturated/α-hetero) is 1. The molecule has 0 spiro atoms. The van der Waals surface area contributed by atoms with Crippen molar-refractivity contribution in [2.45, 2.75) is 99.0 Å². The molecule has 0 radical (unpaired) electrons. The molecule has 3 fully saturated rings. The highest BCUT2D eigenvalue weighted by Gasteiger charge is 2.75. The molecule has 1 N–H and O–H groups in total. The van der Waals surface area contributed by atoms with Gasteiger partial charge in [-0.05, 0) is 73.3 Å².